The maximum atomic E-state index is 13.7. The SMILES string of the molecule is CCCC(C)(N)C(=O)N(C)Cc1cc(C#N)ccc1F. The standard InChI is InChI=1S/C15H20FN3O/c1-4-7-15(2,18)14(20)19(3)10-12-8-11(9-17)5-6-13(12)16/h5-6,8H,4,7,10,18H2,1-3H3. The summed E-state index contributed by atoms with van der Waals surface area (Å²) < 4.78 is 13.7. The highest BCUT2D eigenvalue weighted by Gasteiger charge is 2.30. The molecule has 0 fully saturated rings. The summed E-state index contributed by atoms with van der Waals surface area (Å²) >= 11 is 0. The van der Waals surface area contributed by atoms with Gasteiger partial charge in [0.05, 0.1) is 17.2 Å². The normalized spacial score (nSPS) is 13.4. The van der Waals surface area contributed by atoms with Crippen molar-refractivity contribution in [3.05, 3.63) is 35.1 Å². The number of carbonyl (C=O) groups is 1. The van der Waals surface area contributed by atoms with Crippen LogP contribution >= 0.6 is 0 Å². The second-order valence-corrected chi connectivity index (χ2v) is 5.25. The Morgan fingerprint density at radius 2 is 2.20 bits per heavy atom. The van der Waals surface area contributed by atoms with Crippen LogP contribution in [0.5, 0.6) is 0 Å². The molecule has 1 amide bonds. The first-order valence-corrected chi connectivity index (χ1v) is 6.54. The predicted molar refractivity (Wildman–Crippen MR) is 75.1 cm³/mol. The highest BCUT2D eigenvalue weighted by atomic mass is 19.1. The van der Waals surface area contributed by atoms with Gasteiger partial charge in [-0.15, -0.1) is 0 Å². The number of nitriles is 1. The van der Waals surface area contributed by atoms with Gasteiger partial charge in [-0.3, -0.25) is 4.79 Å². The highest BCUT2D eigenvalue weighted by Crippen LogP contribution is 2.16. The molecule has 0 saturated carbocycles. The first kappa shape index (κ1) is 16.1. The second kappa shape index (κ2) is 6.49. The molecular formula is C15H20FN3O. The lowest BCUT2D eigenvalue weighted by Crippen LogP contribution is -2.51. The van der Waals surface area contributed by atoms with E-state index in [-0.39, 0.29) is 12.5 Å². The molecule has 1 aromatic rings. The number of amides is 1. The zero-order chi connectivity index (χ0) is 15.3. The van der Waals surface area contributed by atoms with Gasteiger partial charge in [-0.1, -0.05) is 13.3 Å². The van der Waals surface area contributed by atoms with E-state index in [0.717, 1.165) is 6.42 Å². The lowest BCUT2D eigenvalue weighted by Gasteiger charge is -2.29. The maximum absolute atomic E-state index is 13.7. The van der Waals surface area contributed by atoms with Crippen molar-refractivity contribution in [1.29, 1.82) is 5.26 Å². The van der Waals surface area contributed by atoms with Crippen molar-refractivity contribution in [1.82, 2.24) is 4.90 Å². The number of hydrogen-bond donors (Lipinski definition) is 1. The average Bonchev–Trinajstić information content (AvgIpc) is 2.40. The molecule has 2 N–H and O–H groups in total. The van der Waals surface area contributed by atoms with Crippen molar-refractivity contribution < 1.29 is 9.18 Å². The summed E-state index contributed by atoms with van der Waals surface area (Å²) in [5, 5.41) is 8.82. The largest absolute Gasteiger partial charge is 0.340 e. The molecule has 0 spiro atoms. The summed E-state index contributed by atoms with van der Waals surface area (Å²) in [6.07, 6.45) is 1.36. The monoisotopic (exact) mass is 277 g/mol. The van der Waals surface area contributed by atoms with Crippen molar-refractivity contribution in [3.8, 4) is 6.07 Å². The molecule has 0 bridgehead atoms. The minimum Gasteiger partial charge on any atom is -0.340 e. The Hall–Kier alpha value is -1.93. The minimum absolute atomic E-state index is 0.0939. The Kier molecular flexibility index (Phi) is 5.23. The van der Waals surface area contributed by atoms with E-state index in [1.807, 2.05) is 13.0 Å². The number of carbonyl (C=O) groups excluding carboxylic acids is 1. The lowest BCUT2D eigenvalue weighted by molar-refractivity contribution is -0.135. The average molecular weight is 277 g/mol. The Morgan fingerprint density at radius 1 is 1.55 bits per heavy atom. The summed E-state index contributed by atoms with van der Waals surface area (Å²) in [6.45, 7) is 3.72. The molecule has 20 heavy (non-hydrogen) atoms. The van der Waals surface area contributed by atoms with Crippen molar-refractivity contribution in [2.45, 2.75) is 38.8 Å². The number of nitrogens with two attached hydrogens (primary N) is 1. The van der Waals surface area contributed by atoms with E-state index in [9.17, 15) is 9.18 Å². The van der Waals surface area contributed by atoms with Crippen molar-refractivity contribution in [2.75, 3.05) is 7.05 Å². The van der Waals surface area contributed by atoms with E-state index >= 15 is 0 Å². The molecule has 0 radical (unpaired) electrons. The molecule has 0 aliphatic carbocycles. The van der Waals surface area contributed by atoms with Crippen molar-refractivity contribution >= 4 is 5.91 Å². The Bertz CT molecular complexity index is 534. The fraction of sp³-hybridized carbons (Fsp3) is 0.467. The van der Waals surface area contributed by atoms with E-state index in [4.69, 9.17) is 11.0 Å². The lowest BCUT2D eigenvalue weighted by atomic mass is 9.95. The van der Waals surface area contributed by atoms with Crippen molar-refractivity contribution in [2.24, 2.45) is 5.73 Å². The smallest absolute Gasteiger partial charge is 0.242 e. The van der Waals surface area contributed by atoms with Crippen LogP contribution in [0.4, 0.5) is 4.39 Å². The van der Waals surface area contributed by atoms with Crippen LogP contribution in [0.25, 0.3) is 0 Å². The van der Waals surface area contributed by atoms with Crippen LogP contribution in [-0.2, 0) is 11.3 Å². The number of likely N-dealkylation sites (N-methyl/N-ethyl adjacent to an activating group) is 1. The van der Waals surface area contributed by atoms with Crippen LogP contribution in [0.1, 0.15) is 37.8 Å². The molecule has 0 aliphatic heterocycles. The fourth-order valence-electron chi connectivity index (χ4n) is 2.16. The molecule has 0 heterocycles. The Labute approximate surface area is 119 Å². The van der Waals surface area contributed by atoms with E-state index in [0.29, 0.717) is 17.5 Å². The van der Waals surface area contributed by atoms with E-state index in [2.05, 4.69) is 0 Å². The zero-order valence-electron chi connectivity index (χ0n) is 12.1. The van der Waals surface area contributed by atoms with Gasteiger partial charge in [-0.25, -0.2) is 4.39 Å². The van der Waals surface area contributed by atoms with Crippen LogP contribution in [-0.4, -0.2) is 23.4 Å². The van der Waals surface area contributed by atoms with E-state index < -0.39 is 11.4 Å². The van der Waals surface area contributed by atoms with Gasteiger partial charge in [0.25, 0.3) is 0 Å². The number of hydrogen-bond acceptors (Lipinski definition) is 3. The van der Waals surface area contributed by atoms with E-state index in [1.54, 1.807) is 14.0 Å². The molecule has 1 aromatic carbocycles. The molecule has 0 aliphatic rings. The number of rotatable bonds is 5. The van der Waals surface area contributed by atoms with Crippen LogP contribution in [0.2, 0.25) is 0 Å². The van der Waals surface area contributed by atoms with Gasteiger partial charge in [-0.05, 0) is 31.5 Å². The summed E-state index contributed by atoms with van der Waals surface area (Å²) in [7, 11) is 1.58. The minimum atomic E-state index is -0.952. The summed E-state index contributed by atoms with van der Waals surface area (Å²) in [6, 6.07) is 6.05. The third kappa shape index (κ3) is 3.78. The molecule has 5 heteroatoms. The van der Waals surface area contributed by atoms with Crippen LogP contribution in [0.3, 0.4) is 0 Å². The van der Waals surface area contributed by atoms with Crippen LogP contribution in [0, 0.1) is 17.1 Å². The molecule has 1 unspecified atom stereocenters. The van der Waals surface area contributed by atoms with Gasteiger partial charge >= 0.3 is 0 Å². The first-order chi connectivity index (χ1) is 9.31. The number of nitrogens with zero attached hydrogens (tertiary/aromatic N) is 2. The molecule has 1 rings (SSSR count). The predicted octanol–water partition coefficient (Wildman–Crippen LogP) is 2.17. The van der Waals surface area contributed by atoms with Gasteiger partial charge in [0.1, 0.15) is 5.82 Å². The molecule has 1 atom stereocenters. The summed E-state index contributed by atoms with van der Waals surface area (Å²) in [5.41, 5.74) is 5.71. The Balaban J connectivity index is 2.88. The zero-order valence-corrected chi connectivity index (χ0v) is 12.1. The van der Waals surface area contributed by atoms with Crippen LogP contribution in [0.15, 0.2) is 18.2 Å². The molecule has 0 saturated heterocycles. The summed E-state index contributed by atoms with van der Waals surface area (Å²) in [5.74, 6) is -0.668. The number of benzene rings is 1. The highest BCUT2D eigenvalue weighted by molar-refractivity contribution is 5.85. The second-order valence-electron chi connectivity index (χ2n) is 5.25. The Morgan fingerprint density at radius 3 is 2.75 bits per heavy atom. The van der Waals surface area contributed by atoms with E-state index in [1.165, 1.54) is 23.1 Å². The van der Waals surface area contributed by atoms with Gasteiger partial charge in [0, 0.05) is 19.2 Å². The quantitative estimate of drug-likeness (QED) is 0.896. The van der Waals surface area contributed by atoms with Gasteiger partial charge in [0.2, 0.25) is 5.91 Å². The molecule has 4 nitrogen and oxygen atoms in total. The van der Waals surface area contributed by atoms with Gasteiger partial charge < -0.3 is 10.6 Å². The van der Waals surface area contributed by atoms with Crippen molar-refractivity contribution in [3.63, 3.8) is 0 Å². The number of halogens is 1. The molecule has 108 valence electrons. The fourth-order valence-corrected chi connectivity index (χ4v) is 2.16. The van der Waals surface area contributed by atoms with Gasteiger partial charge in [0.15, 0.2) is 0 Å². The van der Waals surface area contributed by atoms with Crippen LogP contribution < -0.4 is 5.73 Å². The third-order valence-electron chi connectivity index (χ3n) is 3.19. The molecule has 0 aromatic heterocycles. The van der Waals surface area contributed by atoms with Gasteiger partial charge in [-0.2, -0.15) is 5.26 Å². The summed E-state index contributed by atoms with van der Waals surface area (Å²) in [4.78, 5) is 13.6. The maximum Gasteiger partial charge on any atom is 0.242 e. The topological polar surface area (TPSA) is 70.1 Å². The third-order valence-corrected chi connectivity index (χ3v) is 3.19. The molecular weight excluding hydrogens is 257 g/mol. The first-order valence-electron chi connectivity index (χ1n) is 6.54.